The van der Waals surface area contributed by atoms with E-state index in [4.69, 9.17) is 0 Å². The summed E-state index contributed by atoms with van der Waals surface area (Å²) in [6.45, 7) is 19.3. The van der Waals surface area contributed by atoms with E-state index in [1.165, 1.54) is 64.2 Å². The van der Waals surface area contributed by atoms with Crippen molar-refractivity contribution < 1.29 is 0 Å². The van der Waals surface area contributed by atoms with E-state index in [0.717, 1.165) is 11.8 Å². The highest BCUT2D eigenvalue weighted by atomic mass is 15.0. The van der Waals surface area contributed by atoms with Crippen LogP contribution in [0, 0.1) is 22.7 Å². The molecule has 0 heterocycles. The molecule has 150 valence electrons. The summed E-state index contributed by atoms with van der Waals surface area (Å²) in [5.41, 5.74) is 0.998. The molecule has 25 heavy (non-hydrogen) atoms. The van der Waals surface area contributed by atoms with Gasteiger partial charge in [0, 0.05) is 12.1 Å². The molecule has 0 aliphatic heterocycles. The molecule has 1 N–H and O–H groups in total. The number of unbranched alkanes of at least 4 members (excludes halogenated alkanes) is 1. The Morgan fingerprint density at radius 1 is 1.04 bits per heavy atom. The summed E-state index contributed by atoms with van der Waals surface area (Å²) in [5.74, 6) is 1.88. The van der Waals surface area contributed by atoms with Crippen LogP contribution in [0.3, 0.4) is 0 Å². The van der Waals surface area contributed by atoms with Gasteiger partial charge in [0.05, 0.1) is 0 Å². The van der Waals surface area contributed by atoms with Gasteiger partial charge >= 0.3 is 0 Å². The van der Waals surface area contributed by atoms with Crippen molar-refractivity contribution in [2.75, 3.05) is 0 Å². The molecular formula is C24H49N. The van der Waals surface area contributed by atoms with Crippen molar-refractivity contribution in [3.05, 3.63) is 0 Å². The van der Waals surface area contributed by atoms with Gasteiger partial charge in [-0.25, -0.2) is 0 Å². The Morgan fingerprint density at radius 2 is 1.68 bits per heavy atom. The molecule has 0 saturated heterocycles. The van der Waals surface area contributed by atoms with Gasteiger partial charge in [0.1, 0.15) is 0 Å². The molecule has 0 aromatic heterocycles. The minimum absolute atomic E-state index is 0.403. The molecule has 1 saturated carbocycles. The van der Waals surface area contributed by atoms with Crippen molar-refractivity contribution in [1.29, 1.82) is 0 Å². The van der Waals surface area contributed by atoms with Gasteiger partial charge in [0.25, 0.3) is 0 Å². The van der Waals surface area contributed by atoms with Crippen LogP contribution in [0.25, 0.3) is 0 Å². The minimum Gasteiger partial charge on any atom is -0.311 e. The molecule has 1 nitrogen and oxygen atoms in total. The fraction of sp³-hybridized carbons (Fsp3) is 1.00. The van der Waals surface area contributed by atoms with Crippen LogP contribution >= 0.6 is 0 Å². The molecule has 0 spiro atoms. The lowest BCUT2D eigenvalue weighted by molar-refractivity contribution is 0.169. The standard InChI is InChI=1S/C24H49N/c1-9-12-14-20(13-10-2)15-16-23(5,6)22(25-19(4)11-3)17-21-18-24(21,7)8/h19-22,25H,9-18H2,1-8H3. The summed E-state index contributed by atoms with van der Waals surface area (Å²) in [4.78, 5) is 0. The van der Waals surface area contributed by atoms with Gasteiger partial charge in [-0.15, -0.1) is 0 Å². The smallest absolute Gasteiger partial charge is 0.0123 e. The predicted octanol–water partition coefficient (Wildman–Crippen LogP) is 7.59. The monoisotopic (exact) mass is 351 g/mol. The Hall–Kier alpha value is -0.0400. The zero-order valence-electron chi connectivity index (χ0n) is 18.9. The number of hydrogen-bond acceptors (Lipinski definition) is 1. The largest absolute Gasteiger partial charge is 0.311 e. The number of rotatable bonds is 14. The Bertz CT molecular complexity index is 357. The Kier molecular flexibility index (Phi) is 9.51. The van der Waals surface area contributed by atoms with E-state index < -0.39 is 0 Å². The zero-order valence-corrected chi connectivity index (χ0v) is 18.9. The molecule has 0 bridgehead atoms. The molecule has 1 fully saturated rings. The molecule has 0 aromatic rings. The molecule has 1 aliphatic carbocycles. The lowest BCUT2D eigenvalue weighted by atomic mass is 9.74. The van der Waals surface area contributed by atoms with E-state index in [1.807, 2.05) is 0 Å². The van der Waals surface area contributed by atoms with Crippen molar-refractivity contribution in [3.8, 4) is 0 Å². The Morgan fingerprint density at radius 3 is 2.16 bits per heavy atom. The minimum atomic E-state index is 0.403. The second-order valence-corrected chi connectivity index (χ2v) is 10.5. The van der Waals surface area contributed by atoms with Gasteiger partial charge in [0.2, 0.25) is 0 Å². The van der Waals surface area contributed by atoms with Gasteiger partial charge in [-0.2, -0.15) is 0 Å². The summed E-state index contributed by atoms with van der Waals surface area (Å²) < 4.78 is 0. The average molecular weight is 352 g/mol. The Balaban J connectivity index is 2.65. The van der Waals surface area contributed by atoms with Crippen molar-refractivity contribution in [2.24, 2.45) is 22.7 Å². The number of hydrogen-bond donors (Lipinski definition) is 1. The van der Waals surface area contributed by atoms with Gasteiger partial charge in [-0.05, 0) is 61.7 Å². The molecule has 0 aromatic carbocycles. The van der Waals surface area contributed by atoms with Crippen LogP contribution in [0.4, 0.5) is 0 Å². The molecule has 1 rings (SSSR count). The van der Waals surface area contributed by atoms with Crippen LogP contribution in [0.2, 0.25) is 0 Å². The molecule has 0 radical (unpaired) electrons. The quantitative estimate of drug-likeness (QED) is 0.340. The molecule has 1 aliphatic rings. The van der Waals surface area contributed by atoms with Crippen LogP contribution in [-0.2, 0) is 0 Å². The average Bonchev–Trinajstić information content (AvgIpc) is 3.15. The fourth-order valence-electron chi connectivity index (χ4n) is 4.42. The highest BCUT2D eigenvalue weighted by Gasteiger charge is 2.48. The van der Waals surface area contributed by atoms with E-state index in [1.54, 1.807) is 0 Å². The normalized spacial score (nSPS) is 23.3. The van der Waals surface area contributed by atoms with Crippen LogP contribution in [0.5, 0.6) is 0 Å². The van der Waals surface area contributed by atoms with Crippen LogP contribution in [0.15, 0.2) is 0 Å². The lowest BCUT2D eigenvalue weighted by Crippen LogP contribution is -2.46. The Labute approximate surface area is 160 Å². The maximum Gasteiger partial charge on any atom is 0.0123 e. The summed E-state index contributed by atoms with van der Waals surface area (Å²) in [6.07, 6.45) is 13.8. The first-order valence-corrected chi connectivity index (χ1v) is 11.4. The predicted molar refractivity (Wildman–Crippen MR) is 114 cm³/mol. The van der Waals surface area contributed by atoms with Crippen molar-refractivity contribution >= 4 is 0 Å². The van der Waals surface area contributed by atoms with Crippen LogP contribution in [0.1, 0.15) is 120 Å². The van der Waals surface area contributed by atoms with Gasteiger partial charge in [-0.3, -0.25) is 0 Å². The third-order valence-electron chi connectivity index (χ3n) is 7.14. The summed E-state index contributed by atoms with van der Waals surface area (Å²) >= 11 is 0. The molecule has 0 amide bonds. The second-order valence-electron chi connectivity index (χ2n) is 10.5. The van der Waals surface area contributed by atoms with E-state index in [9.17, 15) is 0 Å². The first kappa shape index (κ1) is 23.0. The lowest BCUT2D eigenvalue weighted by Gasteiger charge is -2.38. The molecule has 4 atom stereocenters. The third kappa shape index (κ3) is 8.02. The van der Waals surface area contributed by atoms with Gasteiger partial charge in [-0.1, -0.05) is 80.6 Å². The topological polar surface area (TPSA) is 12.0 Å². The SMILES string of the molecule is CCCCC(CCC)CCC(C)(C)C(CC1CC1(C)C)NC(C)CC. The van der Waals surface area contributed by atoms with Crippen LogP contribution in [-0.4, -0.2) is 12.1 Å². The third-order valence-corrected chi connectivity index (χ3v) is 7.14. The van der Waals surface area contributed by atoms with E-state index in [-0.39, 0.29) is 0 Å². The summed E-state index contributed by atoms with van der Waals surface area (Å²) in [6, 6.07) is 1.31. The zero-order chi connectivity index (χ0) is 19.1. The first-order chi connectivity index (χ1) is 11.7. The highest BCUT2D eigenvalue weighted by molar-refractivity contribution is 5.00. The molecular weight excluding hydrogens is 302 g/mol. The van der Waals surface area contributed by atoms with E-state index in [0.29, 0.717) is 22.9 Å². The molecule has 4 unspecified atom stereocenters. The summed E-state index contributed by atoms with van der Waals surface area (Å²) in [5, 5.41) is 4.01. The maximum atomic E-state index is 4.01. The van der Waals surface area contributed by atoms with Crippen molar-refractivity contribution in [1.82, 2.24) is 5.32 Å². The molecule has 1 heteroatoms. The fourth-order valence-corrected chi connectivity index (χ4v) is 4.42. The first-order valence-electron chi connectivity index (χ1n) is 11.4. The van der Waals surface area contributed by atoms with Crippen molar-refractivity contribution in [2.45, 2.75) is 132 Å². The highest BCUT2D eigenvalue weighted by Crippen LogP contribution is 2.55. The number of nitrogens with one attached hydrogen (secondary N) is 1. The van der Waals surface area contributed by atoms with Gasteiger partial charge < -0.3 is 5.32 Å². The van der Waals surface area contributed by atoms with Crippen LogP contribution < -0.4 is 5.32 Å². The van der Waals surface area contributed by atoms with E-state index >= 15 is 0 Å². The van der Waals surface area contributed by atoms with Crippen molar-refractivity contribution in [3.63, 3.8) is 0 Å². The second kappa shape index (κ2) is 10.3. The summed E-state index contributed by atoms with van der Waals surface area (Å²) in [7, 11) is 0. The maximum absolute atomic E-state index is 4.01. The van der Waals surface area contributed by atoms with Gasteiger partial charge in [0.15, 0.2) is 0 Å². The van der Waals surface area contributed by atoms with E-state index in [2.05, 4.69) is 60.7 Å².